The number of Topliss-reactive ketones (excluding diaryl/α,β-unsaturated/α-hetero) is 1. The van der Waals surface area contributed by atoms with Gasteiger partial charge in [0.05, 0.1) is 11.5 Å². The van der Waals surface area contributed by atoms with Gasteiger partial charge in [-0.25, -0.2) is 0 Å². The number of allylic oxidation sites excluding steroid dienone is 2. The van der Waals surface area contributed by atoms with Crippen LogP contribution >= 0.6 is 11.8 Å². The summed E-state index contributed by atoms with van der Waals surface area (Å²) in [5, 5.41) is 0. The van der Waals surface area contributed by atoms with E-state index in [1.54, 1.807) is 0 Å². The van der Waals surface area contributed by atoms with Gasteiger partial charge in [-0.3, -0.25) is 4.79 Å². The van der Waals surface area contributed by atoms with Gasteiger partial charge in [-0.05, 0) is 24.5 Å². The highest BCUT2D eigenvalue weighted by Crippen LogP contribution is 2.42. The molecule has 0 saturated carbocycles. The number of hydrogen-bond donors (Lipinski definition) is 0. The highest BCUT2D eigenvalue weighted by molar-refractivity contribution is 8.04. The number of hydrogen-bond acceptors (Lipinski definition) is 3. The summed E-state index contributed by atoms with van der Waals surface area (Å²) in [7, 11) is 0. The van der Waals surface area contributed by atoms with Gasteiger partial charge >= 0.3 is 0 Å². The number of benzene rings is 1. The summed E-state index contributed by atoms with van der Waals surface area (Å²) in [5.41, 5.74) is 0.00232. The van der Waals surface area contributed by atoms with Crippen LogP contribution in [0.4, 0.5) is 0 Å². The Hall–Kier alpha value is -1.22. The summed E-state index contributed by atoms with van der Waals surface area (Å²) in [6.07, 6.45) is 1.43. The summed E-state index contributed by atoms with van der Waals surface area (Å²) in [5.74, 6) is 1.06. The zero-order valence-electron chi connectivity index (χ0n) is 11.7. The summed E-state index contributed by atoms with van der Waals surface area (Å²) >= 11 is 1.53. The van der Waals surface area contributed by atoms with Gasteiger partial charge in [-0.1, -0.05) is 43.8 Å². The van der Waals surface area contributed by atoms with E-state index in [0.29, 0.717) is 13.0 Å². The van der Waals surface area contributed by atoms with E-state index < -0.39 is 0 Å². The van der Waals surface area contributed by atoms with Crippen LogP contribution in [0.1, 0.15) is 33.6 Å². The molecule has 0 radical (unpaired) electrons. The van der Waals surface area contributed by atoms with Gasteiger partial charge in [0.1, 0.15) is 5.76 Å². The Morgan fingerprint density at radius 1 is 1.21 bits per heavy atom. The first-order valence-corrected chi connectivity index (χ1v) is 7.45. The smallest absolute Gasteiger partial charge is 0.173 e. The topological polar surface area (TPSA) is 26.3 Å². The third-order valence-electron chi connectivity index (χ3n) is 3.07. The molecule has 0 spiro atoms. The Morgan fingerprint density at radius 3 is 2.53 bits per heavy atom. The minimum Gasteiger partial charge on any atom is -0.497 e. The van der Waals surface area contributed by atoms with Crippen molar-refractivity contribution < 1.29 is 9.53 Å². The van der Waals surface area contributed by atoms with E-state index in [1.807, 2.05) is 37.3 Å². The lowest BCUT2D eigenvalue weighted by Crippen LogP contribution is -2.25. The van der Waals surface area contributed by atoms with Crippen molar-refractivity contribution in [1.82, 2.24) is 0 Å². The summed E-state index contributed by atoms with van der Waals surface area (Å²) < 4.78 is 5.71. The summed E-state index contributed by atoms with van der Waals surface area (Å²) in [4.78, 5) is 14.2. The quantitative estimate of drug-likeness (QED) is 0.814. The highest BCUT2D eigenvalue weighted by Gasteiger charge is 2.34. The van der Waals surface area contributed by atoms with Gasteiger partial charge < -0.3 is 4.74 Å². The van der Waals surface area contributed by atoms with Crippen LogP contribution in [0, 0.1) is 5.41 Å². The fourth-order valence-electron chi connectivity index (χ4n) is 2.26. The fraction of sp³-hybridized carbons (Fsp3) is 0.438. The Balaban J connectivity index is 2.29. The van der Waals surface area contributed by atoms with Crippen molar-refractivity contribution in [1.29, 1.82) is 0 Å². The molecule has 0 amide bonds. The van der Waals surface area contributed by atoms with Crippen LogP contribution in [0.25, 0.3) is 0 Å². The van der Waals surface area contributed by atoms with Crippen molar-refractivity contribution in [3.05, 3.63) is 41.0 Å². The lowest BCUT2D eigenvalue weighted by Gasteiger charge is -2.31. The van der Waals surface area contributed by atoms with E-state index >= 15 is 0 Å². The predicted molar refractivity (Wildman–Crippen MR) is 79.0 cm³/mol. The molecule has 2 nitrogen and oxygen atoms in total. The number of thioether (sulfide) groups is 1. The molecule has 102 valence electrons. The van der Waals surface area contributed by atoms with Gasteiger partial charge in [0.25, 0.3) is 0 Å². The van der Waals surface area contributed by atoms with Crippen molar-refractivity contribution in [3.8, 4) is 0 Å². The SMILES string of the molecule is CCOC1=C(Sc2ccccc2)C(=O)CC(C)(C)C1. The molecule has 0 atom stereocenters. The molecule has 1 aromatic carbocycles. The number of ether oxygens (including phenoxy) is 1. The van der Waals surface area contributed by atoms with Crippen LogP contribution < -0.4 is 0 Å². The average molecular weight is 276 g/mol. The van der Waals surface area contributed by atoms with Crippen LogP contribution in [-0.2, 0) is 9.53 Å². The Bertz CT molecular complexity index is 489. The maximum Gasteiger partial charge on any atom is 0.173 e. The molecule has 0 unspecified atom stereocenters. The van der Waals surface area contributed by atoms with Crippen LogP contribution in [0.5, 0.6) is 0 Å². The third kappa shape index (κ3) is 3.63. The first-order valence-electron chi connectivity index (χ1n) is 6.64. The monoisotopic (exact) mass is 276 g/mol. The van der Waals surface area contributed by atoms with Crippen LogP contribution in [0.15, 0.2) is 45.9 Å². The Labute approximate surface area is 119 Å². The van der Waals surface area contributed by atoms with Crippen molar-refractivity contribution in [2.75, 3.05) is 6.61 Å². The molecule has 0 aromatic heterocycles. The van der Waals surface area contributed by atoms with E-state index in [-0.39, 0.29) is 11.2 Å². The first-order chi connectivity index (χ1) is 9.02. The van der Waals surface area contributed by atoms with E-state index in [1.165, 1.54) is 11.8 Å². The van der Waals surface area contributed by atoms with Crippen LogP contribution in [-0.4, -0.2) is 12.4 Å². The Kier molecular flexibility index (Phi) is 4.35. The zero-order valence-corrected chi connectivity index (χ0v) is 12.5. The first kappa shape index (κ1) is 14.2. The van der Waals surface area contributed by atoms with Gasteiger partial charge in [-0.2, -0.15) is 0 Å². The van der Waals surface area contributed by atoms with Gasteiger partial charge in [0.15, 0.2) is 5.78 Å². The molecule has 0 saturated heterocycles. The fourth-order valence-corrected chi connectivity index (χ4v) is 3.22. The third-order valence-corrected chi connectivity index (χ3v) is 4.23. The highest BCUT2D eigenvalue weighted by atomic mass is 32.2. The molecule has 0 aliphatic heterocycles. The summed E-state index contributed by atoms with van der Waals surface area (Å²) in [6.45, 7) is 6.81. The number of carbonyl (C=O) groups is 1. The molecule has 1 aliphatic carbocycles. The van der Waals surface area contributed by atoms with E-state index in [9.17, 15) is 4.79 Å². The molecule has 0 heterocycles. The van der Waals surface area contributed by atoms with Gasteiger partial charge in [0.2, 0.25) is 0 Å². The van der Waals surface area contributed by atoms with Crippen molar-refractivity contribution in [2.24, 2.45) is 5.41 Å². The van der Waals surface area contributed by atoms with Crippen LogP contribution in [0.3, 0.4) is 0 Å². The normalized spacial score (nSPS) is 18.6. The second kappa shape index (κ2) is 5.83. The average Bonchev–Trinajstić information content (AvgIpc) is 2.34. The second-order valence-electron chi connectivity index (χ2n) is 5.54. The zero-order chi connectivity index (χ0) is 13.9. The van der Waals surface area contributed by atoms with E-state index in [2.05, 4.69) is 13.8 Å². The molecule has 0 fully saturated rings. The summed E-state index contributed by atoms with van der Waals surface area (Å²) in [6, 6.07) is 10.00. The number of rotatable bonds is 4. The van der Waals surface area contributed by atoms with Crippen molar-refractivity contribution >= 4 is 17.5 Å². The Morgan fingerprint density at radius 2 is 1.89 bits per heavy atom. The minimum atomic E-state index is 0.00232. The molecular weight excluding hydrogens is 256 g/mol. The molecule has 0 bridgehead atoms. The van der Waals surface area contributed by atoms with Gasteiger partial charge in [0, 0.05) is 17.7 Å². The standard InChI is InChI=1S/C16H20O2S/c1-4-18-14-11-16(2,3)10-13(17)15(14)19-12-8-6-5-7-9-12/h5-9H,4,10-11H2,1-3H3. The number of ketones is 1. The predicted octanol–water partition coefficient (Wildman–Crippen LogP) is 4.42. The maximum atomic E-state index is 12.3. The molecule has 3 heteroatoms. The lowest BCUT2D eigenvalue weighted by molar-refractivity contribution is -0.117. The lowest BCUT2D eigenvalue weighted by atomic mass is 9.79. The molecular formula is C16H20O2S. The molecule has 2 rings (SSSR count). The minimum absolute atomic E-state index is 0.00232. The number of carbonyl (C=O) groups excluding carboxylic acids is 1. The van der Waals surface area contributed by atoms with E-state index in [4.69, 9.17) is 4.74 Å². The molecule has 1 aromatic rings. The second-order valence-corrected chi connectivity index (χ2v) is 6.63. The van der Waals surface area contributed by atoms with Gasteiger partial charge in [-0.15, -0.1) is 0 Å². The van der Waals surface area contributed by atoms with E-state index in [0.717, 1.165) is 22.0 Å². The molecule has 1 aliphatic rings. The molecule has 0 N–H and O–H groups in total. The van der Waals surface area contributed by atoms with Crippen LogP contribution in [0.2, 0.25) is 0 Å². The van der Waals surface area contributed by atoms with Crippen molar-refractivity contribution in [3.63, 3.8) is 0 Å². The maximum absolute atomic E-state index is 12.3. The molecule has 19 heavy (non-hydrogen) atoms. The largest absolute Gasteiger partial charge is 0.497 e. The van der Waals surface area contributed by atoms with Crippen molar-refractivity contribution in [2.45, 2.75) is 38.5 Å².